The number of nitrogens with one attached hydrogen (secondary N) is 1. The van der Waals surface area contributed by atoms with Crippen LogP contribution >= 0.6 is 0 Å². The highest BCUT2D eigenvalue weighted by molar-refractivity contribution is 6.01. The summed E-state index contributed by atoms with van der Waals surface area (Å²) in [5.41, 5.74) is 14.3. The van der Waals surface area contributed by atoms with Crippen LogP contribution in [0.3, 0.4) is 0 Å². The molecule has 0 saturated heterocycles. The normalized spacial score (nSPS) is 11.2. The lowest BCUT2D eigenvalue weighted by Crippen LogP contribution is -2.22. The first-order valence-corrected chi connectivity index (χ1v) is 11.1. The predicted octanol–water partition coefficient (Wildman–Crippen LogP) is 0.977. The number of ether oxygens (including phenoxy) is 3. The van der Waals surface area contributed by atoms with Crippen LogP contribution in [0.1, 0.15) is 28.7 Å². The second-order valence-electron chi connectivity index (χ2n) is 7.77. The lowest BCUT2D eigenvalue weighted by atomic mass is 10.1. The van der Waals surface area contributed by atoms with Crippen LogP contribution in [-0.4, -0.2) is 56.5 Å². The number of nitrogens with zero attached hydrogens (tertiary/aromatic N) is 6. The molecule has 4 aromatic rings. The molecule has 5 N–H and O–H groups in total. The first kappa shape index (κ1) is 26.5. The number of carbonyl (C=O) groups is 2. The van der Waals surface area contributed by atoms with Gasteiger partial charge < -0.3 is 25.7 Å². The lowest BCUT2D eigenvalue weighted by molar-refractivity contribution is -0.119. The van der Waals surface area contributed by atoms with E-state index in [-0.39, 0.29) is 36.2 Å². The van der Waals surface area contributed by atoms with Gasteiger partial charge in [-0.05, 0) is 59.7 Å². The molecule has 0 spiro atoms. The molecule has 16 heteroatoms. The Hall–Kier alpha value is -5.54. The van der Waals surface area contributed by atoms with E-state index < -0.39 is 17.6 Å². The number of nitrogen functional groups attached to an aromatic ring is 1. The van der Waals surface area contributed by atoms with Gasteiger partial charge in [0, 0.05) is 5.56 Å². The van der Waals surface area contributed by atoms with Crippen LogP contribution in [0.25, 0.3) is 5.82 Å². The molecule has 0 unspecified atom stereocenters. The van der Waals surface area contributed by atoms with Crippen LogP contribution in [-0.2, 0) is 11.4 Å². The third-order valence-corrected chi connectivity index (χ3v) is 5.14. The maximum atomic E-state index is 13.2. The topological polar surface area (TPSA) is 208 Å². The molecule has 0 aliphatic rings. The van der Waals surface area contributed by atoms with Crippen molar-refractivity contribution < 1.29 is 32.8 Å². The highest BCUT2D eigenvalue weighted by Crippen LogP contribution is 2.28. The summed E-state index contributed by atoms with van der Waals surface area (Å²) in [6, 6.07) is 10.1. The fourth-order valence-corrected chi connectivity index (χ4v) is 3.21. The zero-order chi connectivity index (χ0) is 27.9. The van der Waals surface area contributed by atoms with Crippen molar-refractivity contribution in [1.29, 1.82) is 0 Å². The number of methoxy groups -OCH3 is 1. The van der Waals surface area contributed by atoms with E-state index in [0.29, 0.717) is 28.5 Å². The summed E-state index contributed by atoms with van der Waals surface area (Å²) in [7, 11) is 1.43. The number of amides is 2. The molecule has 202 valence electrons. The Kier molecular flexibility index (Phi) is 7.94. The van der Waals surface area contributed by atoms with Crippen molar-refractivity contribution in [3.05, 3.63) is 65.2 Å². The summed E-state index contributed by atoms with van der Waals surface area (Å²) >= 11 is 0. The number of hydrazone groups is 1. The second kappa shape index (κ2) is 11.7. The largest absolute Gasteiger partial charge is 0.493 e. The van der Waals surface area contributed by atoms with E-state index in [1.54, 1.807) is 25.1 Å². The minimum atomic E-state index is -0.721. The summed E-state index contributed by atoms with van der Waals surface area (Å²) in [6.45, 7) is 1.11. The van der Waals surface area contributed by atoms with Crippen LogP contribution < -0.4 is 31.1 Å². The SMILES string of the molecule is COc1cc(/C(C)=N\NC(=O)c2nnn(-c3nonc3N)c2COc2ccc(F)cc2)ccc1OCC(N)=O. The van der Waals surface area contributed by atoms with Crippen molar-refractivity contribution in [1.82, 2.24) is 30.7 Å². The Morgan fingerprint density at radius 1 is 1.13 bits per heavy atom. The van der Waals surface area contributed by atoms with Gasteiger partial charge >= 0.3 is 0 Å². The average Bonchev–Trinajstić information content (AvgIpc) is 3.55. The molecule has 2 heterocycles. The van der Waals surface area contributed by atoms with Gasteiger partial charge in [-0.25, -0.2) is 14.4 Å². The van der Waals surface area contributed by atoms with Crippen molar-refractivity contribution in [3.63, 3.8) is 0 Å². The molecule has 39 heavy (non-hydrogen) atoms. The molecule has 0 bridgehead atoms. The van der Waals surface area contributed by atoms with E-state index in [1.165, 1.54) is 31.4 Å². The van der Waals surface area contributed by atoms with Crippen LogP contribution in [0.4, 0.5) is 10.2 Å². The number of benzene rings is 2. The number of primary amides is 1. The number of nitrogens with two attached hydrogens (primary N) is 2. The van der Waals surface area contributed by atoms with Gasteiger partial charge in [-0.3, -0.25) is 9.59 Å². The summed E-state index contributed by atoms with van der Waals surface area (Å²) in [6.07, 6.45) is 0. The Morgan fingerprint density at radius 2 is 1.90 bits per heavy atom. The molecule has 0 fully saturated rings. The molecule has 0 aliphatic carbocycles. The molecule has 2 aromatic heterocycles. The maximum absolute atomic E-state index is 13.2. The number of hydrogen-bond donors (Lipinski definition) is 3. The molecular formula is C23H22FN9O6. The summed E-state index contributed by atoms with van der Waals surface area (Å²) in [4.78, 5) is 24.0. The number of aromatic nitrogens is 5. The molecule has 0 saturated carbocycles. The number of hydrogen-bond acceptors (Lipinski definition) is 12. The lowest BCUT2D eigenvalue weighted by Gasteiger charge is -2.11. The molecule has 0 aliphatic heterocycles. The molecule has 2 aromatic carbocycles. The second-order valence-corrected chi connectivity index (χ2v) is 7.77. The fraction of sp³-hybridized carbons (Fsp3) is 0.174. The first-order valence-electron chi connectivity index (χ1n) is 11.1. The molecule has 4 rings (SSSR count). The minimum absolute atomic E-state index is 0.00956. The molecule has 2 amide bonds. The van der Waals surface area contributed by atoms with Gasteiger partial charge in [0.15, 0.2) is 23.8 Å². The van der Waals surface area contributed by atoms with Crippen molar-refractivity contribution in [2.45, 2.75) is 13.5 Å². The summed E-state index contributed by atoms with van der Waals surface area (Å²) in [5.74, 6) is -0.935. The first-order chi connectivity index (χ1) is 18.8. The quantitative estimate of drug-likeness (QED) is 0.181. The van der Waals surface area contributed by atoms with Gasteiger partial charge in [-0.1, -0.05) is 5.21 Å². The van der Waals surface area contributed by atoms with Crippen molar-refractivity contribution in [3.8, 4) is 23.1 Å². The van der Waals surface area contributed by atoms with Gasteiger partial charge in [0.25, 0.3) is 11.8 Å². The molecule has 15 nitrogen and oxygen atoms in total. The average molecular weight is 539 g/mol. The third-order valence-electron chi connectivity index (χ3n) is 5.14. The van der Waals surface area contributed by atoms with E-state index in [0.717, 1.165) is 4.68 Å². The van der Waals surface area contributed by atoms with Crippen molar-refractivity contribution >= 4 is 23.3 Å². The number of rotatable bonds is 11. The van der Waals surface area contributed by atoms with Crippen LogP contribution in [0.15, 0.2) is 52.2 Å². The van der Waals surface area contributed by atoms with E-state index in [9.17, 15) is 14.0 Å². The Bertz CT molecular complexity index is 1520. The highest BCUT2D eigenvalue weighted by Gasteiger charge is 2.24. The Balaban J connectivity index is 1.55. The molecule has 0 radical (unpaired) electrons. The van der Waals surface area contributed by atoms with Gasteiger partial charge in [-0.2, -0.15) is 9.78 Å². The monoisotopic (exact) mass is 539 g/mol. The minimum Gasteiger partial charge on any atom is -0.493 e. The smallest absolute Gasteiger partial charge is 0.293 e. The number of carbonyl (C=O) groups excluding carboxylic acids is 2. The van der Waals surface area contributed by atoms with Crippen LogP contribution in [0.2, 0.25) is 0 Å². The molecule has 0 atom stereocenters. The number of halogens is 1. The Morgan fingerprint density at radius 3 is 2.56 bits per heavy atom. The van der Waals surface area contributed by atoms with E-state index in [2.05, 4.69) is 35.8 Å². The van der Waals surface area contributed by atoms with Crippen molar-refractivity contribution in [2.24, 2.45) is 10.8 Å². The standard InChI is InChI=1S/C23H22FN9O6/c1-12(13-3-8-17(18(9-13)36-2)38-11-19(25)34)27-29-23(35)20-16(10-37-15-6-4-14(24)5-7-15)33(32-28-20)22-21(26)30-39-31-22/h3-9H,10-11H2,1-2H3,(H2,25,34)(H2,26,30)(H,29,35)/b27-12-. The highest BCUT2D eigenvalue weighted by atomic mass is 19.1. The fourth-order valence-electron chi connectivity index (χ4n) is 3.21. The predicted molar refractivity (Wildman–Crippen MR) is 132 cm³/mol. The zero-order valence-electron chi connectivity index (χ0n) is 20.6. The van der Waals surface area contributed by atoms with Gasteiger partial charge in [0.05, 0.1) is 12.8 Å². The van der Waals surface area contributed by atoms with Gasteiger partial charge in [-0.15, -0.1) is 5.10 Å². The third kappa shape index (κ3) is 6.24. The van der Waals surface area contributed by atoms with E-state index in [4.69, 9.17) is 25.7 Å². The Labute approximate surface area is 219 Å². The summed E-state index contributed by atoms with van der Waals surface area (Å²) in [5, 5.41) is 19.2. The molecular weight excluding hydrogens is 517 g/mol. The maximum Gasteiger partial charge on any atom is 0.293 e. The van der Waals surface area contributed by atoms with Crippen LogP contribution in [0, 0.1) is 5.82 Å². The van der Waals surface area contributed by atoms with Gasteiger partial charge in [0.2, 0.25) is 11.6 Å². The van der Waals surface area contributed by atoms with Crippen LogP contribution in [0.5, 0.6) is 17.2 Å². The van der Waals surface area contributed by atoms with Gasteiger partial charge in [0.1, 0.15) is 23.9 Å². The van der Waals surface area contributed by atoms with E-state index >= 15 is 0 Å². The van der Waals surface area contributed by atoms with E-state index in [1.807, 2.05) is 0 Å². The number of anilines is 1. The zero-order valence-corrected chi connectivity index (χ0v) is 20.6. The van der Waals surface area contributed by atoms with Crippen molar-refractivity contribution in [2.75, 3.05) is 19.5 Å². The summed E-state index contributed by atoms with van der Waals surface area (Å²) < 4.78 is 35.3.